The first-order valence-corrected chi connectivity index (χ1v) is 8.28. The van der Waals surface area contributed by atoms with E-state index in [0.717, 1.165) is 25.3 Å². The maximum Gasteiger partial charge on any atom is 0.107 e. The quantitative estimate of drug-likeness (QED) is 0.786. The number of hydrogen-bond donors (Lipinski definition) is 1. The van der Waals surface area contributed by atoms with E-state index in [1.54, 1.807) is 6.26 Å². The lowest BCUT2D eigenvalue weighted by Gasteiger charge is -2.01. The van der Waals surface area contributed by atoms with Crippen LogP contribution >= 0.6 is 11.3 Å². The number of aromatic nitrogens is 1. The third-order valence-electron chi connectivity index (χ3n) is 2.70. The van der Waals surface area contributed by atoms with Crippen LogP contribution in [0.2, 0.25) is 0 Å². The van der Waals surface area contributed by atoms with Gasteiger partial charge in [0.05, 0.1) is 5.69 Å². The summed E-state index contributed by atoms with van der Waals surface area (Å²) < 4.78 is 10.8. The Kier molecular flexibility index (Phi) is 4.49. The molecule has 0 aromatic carbocycles. The summed E-state index contributed by atoms with van der Waals surface area (Å²) in [5.41, 5.74) is 1.33. The zero-order valence-electron chi connectivity index (χ0n) is 9.62. The molecular formula is C11H18N2OS2. The van der Waals surface area contributed by atoms with Crippen LogP contribution in [0, 0.1) is 0 Å². The number of fused-ring (bicyclic) bond motifs is 1. The maximum atomic E-state index is 10.8. The van der Waals surface area contributed by atoms with E-state index in [-0.39, 0.29) is 0 Å². The van der Waals surface area contributed by atoms with Gasteiger partial charge >= 0.3 is 0 Å². The lowest BCUT2D eigenvalue weighted by molar-refractivity contribution is 0.659. The predicted octanol–water partition coefficient (Wildman–Crippen LogP) is 1.49. The molecule has 1 N–H and O–H groups in total. The Morgan fingerprint density at radius 1 is 1.50 bits per heavy atom. The molecule has 1 aliphatic carbocycles. The predicted molar refractivity (Wildman–Crippen MR) is 69.4 cm³/mol. The summed E-state index contributed by atoms with van der Waals surface area (Å²) in [7, 11) is -0.658. The fourth-order valence-corrected chi connectivity index (χ4v) is 3.59. The minimum absolute atomic E-state index is 0.658. The van der Waals surface area contributed by atoms with Crippen molar-refractivity contribution in [2.45, 2.75) is 32.2 Å². The molecule has 0 bridgehead atoms. The third kappa shape index (κ3) is 3.37. The average molecular weight is 258 g/mol. The summed E-state index contributed by atoms with van der Waals surface area (Å²) in [6, 6.07) is 0. The van der Waals surface area contributed by atoms with Crippen molar-refractivity contribution in [3.05, 3.63) is 15.6 Å². The molecule has 1 aromatic heterocycles. The second-order valence-corrected chi connectivity index (χ2v) is 6.86. The van der Waals surface area contributed by atoms with Crippen LogP contribution in [0.3, 0.4) is 0 Å². The summed E-state index contributed by atoms with van der Waals surface area (Å²) in [4.78, 5) is 6.11. The van der Waals surface area contributed by atoms with Crippen molar-refractivity contribution >= 4 is 22.1 Å². The molecule has 1 aromatic rings. The van der Waals surface area contributed by atoms with Crippen LogP contribution in [0.1, 0.15) is 28.4 Å². The Bertz CT molecular complexity index is 355. The number of aryl methyl sites for hydroxylation is 2. The van der Waals surface area contributed by atoms with Crippen LogP contribution in [0.4, 0.5) is 0 Å². The van der Waals surface area contributed by atoms with E-state index in [1.807, 2.05) is 11.3 Å². The van der Waals surface area contributed by atoms with Gasteiger partial charge in [-0.3, -0.25) is 4.21 Å². The summed E-state index contributed by atoms with van der Waals surface area (Å²) in [6.07, 6.45) is 6.41. The van der Waals surface area contributed by atoms with Gasteiger partial charge in [0.2, 0.25) is 0 Å². The van der Waals surface area contributed by atoms with Gasteiger partial charge in [-0.15, -0.1) is 11.3 Å². The standard InChI is InChI=1S/C11H18N2OS2/c1-16(14)7-3-6-12-8-11-13-9-4-2-5-10(9)15-11/h12H,2-8H2,1H3. The fraction of sp³-hybridized carbons (Fsp3) is 0.727. The minimum atomic E-state index is -0.658. The van der Waals surface area contributed by atoms with Crippen molar-refractivity contribution in [2.75, 3.05) is 18.6 Å². The van der Waals surface area contributed by atoms with Crippen molar-refractivity contribution in [2.24, 2.45) is 0 Å². The van der Waals surface area contributed by atoms with E-state index in [0.29, 0.717) is 0 Å². The summed E-state index contributed by atoms with van der Waals surface area (Å²) in [6.45, 7) is 1.80. The van der Waals surface area contributed by atoms with Gasteiger partial charge in [-0.05, 0) is 32.2 Å². The number of nitrogens with one attached hydrogen (secondary N) is 1. The molecule has 1 aliphatic rings. The summed E-state index contributed by atoms with van der Waals surface area (Å²) in [5, 5.41) is 4.57. The Balaban J connectivity index is 1.67. The van der Waals surface area contributed by atoms with Gasteiger partial charge in [0.1, 0.15) is 5.01 Å². The molecule has 0 saturated heterocycles. The summed E-state index contributed by atoms with van der Waals surface area (Å²) in [5.74, 6) is 0.793. The molecule has 0 aliphatic heterocycles. The number of hydrogen-bond acceptors (Lipinski definition) is 4. The number of rotatable bonds is 6. The molecule has 90 valence electrons. The van der Waals surface area contributed by atoms with Gasteiger partial charge in [-0.1, -0.05) is 0 Å². The lowest BCUT2D eigenvalue weighted by Crippen LogP contribution is -2.16. The van der Waals surface area contributed by atoms with Crippen molar-refractivity contribution < 1.29 is 4.21 Å². The highest BCUT2D eigenvalue weighted by atomic mass is 32.2. The molecule has 5 heteroatoms. The van der Waals surface area contributed by atoms with Gasteiger partial charge in [-0.2, -0.15) is 0 Å². The molecule has 0 fully saturated rings. The van der Waals surface area contributed by atoms with Crippen LogP contribution in [0.15, 0.2) is 0 Å². The molecule has 16 heavy (non-hydrogen) atoms. The van der Waals surface area contributed by atoms with Crippen molar-refractivity contribution in [1.82, 2.24) is 10.3 Å². The van der Waals surface area contributed by atoms with Gasteiger partial charge in [0.15, 0.2) is 0 Å². The first-order chi connectivity index (χ1) is 7.75. The molecule has 2 rings (SSSR count). The molecule has 0 saturated carbocycles. The second-order valence-electron chi connectivity index (χ2n) is 4.14. The van der Waals surface area contributed by atoms with Gasteiger partial charge in [0.25, 0.3) is 0 Å². The number of thiazole rings is 1. The van der Waals surface area contributed by atoms with Gasteiger partial charge in [-0.25, -0.2) is 4.98 Å². The Morgan fingerprint density at radius 2 is 2.38 bits per heavy atom. The first-order valence-electron chi connectivity index (χ1n) is 5.74. The first kappa shape index (κ1) is 12.2. The van der Waals surface area contributed by atoms with E-state index >= 15 is 0 Å². The molecule has 0 amide bonds. The molecule has 0 radical (unpaired) electrons. The largest absolute Gasteiger partial charge is 0.310 e. The summed E-state index contributed by atoms with van der Waals surface area (Å²) >= 11 is 1.85. The van der Waals surface area contributed by atoms with E-state index in [1.165, 1.54) is 34.8 Å². The molecule has 1 atom stereocenters. The third-order valence-corrected chi connectivity index (χ3v) is 4.72. The zero-order valence-corrected chi connectivity index (χ0v) is 11.3. The fourth-order valence-electron chi connectivity index (χ4n) is 1.92. The Labute approximate surface area is 103 Å². The SMILES string of the molecule is CS(=O)CCCNCc1nc2c(s1)CCC2. The average Bonchev–Trinajstić information content (AvgIpc) is 2.76. The Hall–Kier alpha value is -0.260. The van der Waals surface area contributed by atoms with E-state index in [2.05, 4.69) is 10.3 Å². The number of nitrogens with zero attached hydrogens (tertiary/aromatic N) is 1. The van der Waals surface area contributed by atoms with Crippen molar-refractivity contribution in [1.29, 1.82) is 0 Å². The molecule has 3 nitrogen and oxygen atoms in total. The maximum absolute atomic E-state index is 10.8. The van der Waals surface area contributed by atoms with Crippen LogP contribution in [-0.4, -0.2) is 27.7 Å². The normalized spacial score (nSPS) is 16.3. The highest BCUT2D eigenvalue weighted by Crippen LogP contribution is 2.27. The second kappa shape index (κ2) is 5.89. The monoisotopic (exact) mass is 258 g/mol. The van der Waals surface area contributed by atoms with Gasteiger partial charge in [0, 0.05) is 34.2 Å². The topological polar surface area (TPSA) is 42.0 Å². The van der Waals surface area contributed by atoms with Crippen molar-refractivity contribution in [3.8, 4) is 0 Å². The highest BCUT2D eigenvalue weighted by molar-refractivity contribution is 7.84. The molecule has 1 unspecified atom stereocenters. The van der Waals surface area contributed by atoms with Gasteiger partial charge < -0.3 is 5.32 Å². The van der Waals surface area contributed by atoms with Crippen LogP contribution in [0.25, 0.3) is 0 Å². The van der Waals surface area contributed by atoms with Crippen LogP contribution < -0.4 is 5.32 Å². The molecule has 0 spiro atoms. The minimum Gasteiger partial charge on any atom is -0.310 e. The van der Waals surface area contributed by atoms with Crippen LogP contribution in [-0.2, 0) is 30.2 Å². The zero-order chi connectivity index (χ0) is 11.4. The highest BCUT2D eigenvalue weighted by Gasteiger charge is 2.15. The Morgan fingerprint density at radius 3 is 3.12 bits per heavy atom. The smallest absolute Gasteiger partial charge is 0.107 e. The van der Waals surface area contributed by atoms with E-state index < -0.39 is 10.8 Å². The van der Waals surface area contributed by atoms with Crippen LogP contribution in [0.5, 0.6) is 0 Å². The van der Waals surface area contributed by atoms with E-state index in [4.69, 9.17) is 0 Å². The lowest BCUT2D eigenvalue weighted by atomic mass is 10.4. The molecular weight excluding hydrogens is 240 g/mol. The molecule has 1 heterocycles. The van der Waals surface area contributed by atoms with E-state index in [9.17, 15) is 4.21 Å². The van der Waals surface area contributed by atoms with Crippen molar-refractivity contribution in [3.63, 3.8) is 0 Å².